The maximum absolute atomic E-state index is 6.03. The van der Waals surface area contributed by atoms with Crippen molar-refractivity contribution in [2.45, 2.75) is 0 Å². The van der Waals surface area contributed by atoms with E-state index in [9.17, 15) is 0 Å². The van der Waals surface area contributed by atoms with Crippen LogP contribution in [0.5, 0.6) is 0 Å². The Morgan fingerprint density at radius 3 is 1.07 bits per heavy atom. The zero-order valence-corrected chi connectivity index (χ0v) is 28.9. The predicted molar refractivity (Wildman–Crippen MR) is 215 cm³/mol. The first kappa shape index (κ1) is 31.3. The smallest absolute Gasteiger partial charge is 0.227 e. The molecule has 54 heavy (non-hydrogen) atoms. The lowest BCUT2D eigenvalue weighted by atomic mass is 9.99. The van der Waals surface area contributed by atoms with Crippen LogP contribution < -0.4 is 0 Å². The van der Waals surface area contributed by atoms with Gasteiger partial charge in [0.05, 0.1) is 11.4 Å². The third-order valence-corrected chi connectivity index (χ3v) is 9.64. The highest BCUT2D eigenvalue weighted by Gasteiger charge is 2.14. The van der Waals surface area contributed by atoms with Gasteiger partial charge in [0.2, 0.25) is 11.8 Å². The van der Waals surface area contributed by atoms with E-state index in [-0.39, 0.29) is 0 Å². The number of fused-ring (bicyclic) bond motifs is 2. The first-order valence-electron chi connectivity index (χ1n) is 17.8. The van der Waals surface area contributed by atoms with Gasteiger partial charge in [-0.15, -0.1) is 0 Å². The van der Waals surface area contributed by atoms with Crippen molar-refractivity contribution < 1.29 is 8.83 Å². The van der Waals surface area contributed by atoms with Gasteiger partial charge in [0.1, 0.15) is 11.0 Å². The summed E-state index contributed by atoms with van der Waals surface area (Å²) in [6.07, 6.45) is 0. The van der Waals surface area contributed by atoms with E-state index in [4.69, 9.17) is 18.8 Å². The third-order valence-electron chi connectivity index (χ3n) is 9.64. The highest BCUT2D eigenvalue weighted by molar-refractivity contribution is 5.80. The summed E-state index contributed by atoms with van der Waals surface area (Å²) in [5.74, 6) is 1.78. The summed E-state index contributed by atoms with van der Waals surface area (Å²) in [6.45, 7) is 0. The summed E-state index contributed by atoms with van der Waals surface area (Å²) in [6, 6.07) is 61.5. The molecule has 10 rings (SSSR count). The van der Waals surface area contributed by atoms with E-state index in [2.05, 4.69) is 94.9 Å². The van der Waals surface area contributed by atoms with Gasteiger partial charge in [-0.25, -0.2) is 19.9 Å². The first-order chi connectivity index (χ1) is 26.7. The number of benzene rings is 7. The van der Waals surface area contributed by atoms with Gasteiger partial charge in [0, 0.05) is 27.8 Å². The van der Waals surface area contributed by atoms with Gasteiger partial charge in [-0.05, 0) is 76.9 Å². The monoisotopic (exact) mass is 694 g/mol. The molecule has 0 unspecified atom stereocenters. The Labute approximate surface area is 311 Å². The molecule has 3 aromatic heterocycles. The molecule has 0 spiro atoms. The predicted octanol–water partition coefficient (Wildman–Crippen LogP) is 12.4. The lowest BCUT2D eigenvalue weighted by Gasteiger charge is -2.11. The van der Waals surface area contributed by atoms with Crippen LogP contribution in [0.3, 0.4) is 0 Å². The topological polar surface area (TPSA) is 77.8 Å². The van der Waals surface area contributed by atoms with Crippen LogP contribution in [0.2, 0.25) is 0 Å². The quantitative estimate of drug-likeness (QED) is 0.165. The van der Waals surface area contributed by atoms with E-state index in [1.54, 1.807) is 0 Å². The molecule has 0 aliphatic heterocycles. The van der Waals surface area contributed by atoms with Crippen LogP contribution in [0.25, 0.3) is 101 Å². The number of hydrogen-bond acceptors (Lipinski definition) is 6. The summed E-state index contributed by atoms with van der Waals surface area (Å²) in [4.78, 5) is 19.5. The van der Waals surface area contributed by atoms with E-state index in [1.807, 2.05) is 97.1 Å². The zero-order chi connectivity index (χ0) is 35.8. The molecule has 7 aromatic carbocycles. The molecule has 254 valence electrons. The number of aromatic nitrogens is 4. The van der Waals surface area contributed by atoms with Gasteiger partial charge >= 0.3 is 0 Å². The van der Waals surface area contributed by atoms with Crippen LogP contribution in [0, 0.1) is 0 Å². The normalized spacial score (nSPS) is 11.3. The highest BCUT2D eigenvalue weighted by atomic mass is 16.4. The van der Waals surface area contributed by atoms with Crippen molar-refractivity contribution in [3.63, 3.8) is 0 Å². The summed E-state index contributed by atoms with van der Waals surface area (Å²) in [5, 5.41) is 0. The molecule has 3 heterocycles. The van der Waals surface area contributed by atoms with E-state index >= 15 is 0 Å². The second-order valence-corrected chi connectivity index (χ2v) is 13.1. The molecule has 0 atom stereocenters. The summed E-state index contributed by atoms with van der Waals surface area (Å²) < 4.78 is 12.1. The molecular formula is C48H30N4O2. The molecule has 0 radical (unpaired) electrons. The molecule has 0 N–H and O–H groups in total. The second-order valence-electron chi connectivity index (χ2n) is 13.1. The molecule has 0 aliphatic rings. The van der Waals surface area contributed by atoms with Gasteiger partial charge in [0.15, 0.2) is 17.0 Å². The standard InChI is InChI=1S/C48H30N4O2/c1-2-8-31(9-3-1)32-14-16-33(17-15-32)34-18-20-35(21-19-34)42-30-43(36-22-26-38(27-23-36)47-51-40-10-4-6-12-44(40)53-47)50-46(49-42)37-24-28-39(29-25-37)48-52-41-11-5-7-13-45(41)54-48/h1-30H. The molecule has 0 aliphatic carbocycles. The van der Waals surface area contributed by atoms with Gasteiger partial charge in [0.25, 0.3) is 0 Å². The maximum atomic E-state index is 6.03. The van der Waals surface area contributed by atoms with Crippen molar-refractivity contribution in [2.75, 3.05) is 0 Å². The summed E-state index contributed by atoms with van der Waals surface area (Å²) in [7, 11) is 0. The fourth-order valence-electron chi connectivity index (χ4n) is 6.73. The first-order valence-corrected chi connectivity index (χ1v) is 17.8. The van der Waals surface area contributed by atoms with Crippen molar-refractivity contribution in [2.24, 2.45) is 0 Å². The highest BCUT2D eigenvalue weighted by Crippen LogP contribution is 2.33. The van der Waals surface area contributed by atoms with Crippen LogP contribution in [-0.4, -0.2) is 19.9 Å². The number of nitrogens with zero attached hydrogens (tertiary/aromatic N) is 4. The minimum Gasteiger partial charge on any atom is -0.436 e. The molecule has 10 aromatic rings. The van der Waals surface area contributed by atoms with Crippen LogP contribution >= 0.6 is 0 Å². The van der Waals surface area contributed by atoms with Gasteiger partial charge in [-0.2, -0.15) is 0 Å². The largest absolute Gasteiger partial charge is 0.436 e. The minimum absolute atomic E-state index is 0.576. The lowest BCUT2D eigenvalue weighted by Crippen LogP contribution is -1.96. The molecule has 6 heteroatoms. The Morgan fingerprint density at radius 1 is 0.278 bits per heavy atom. The fourth-order valence-corrected chi connectivity index (χ4v) is 6.73. The molecular weight excluding hydrogens is 665 g/mol. The fraction of sp³-hybridized carbons (Fsp3) is 0. The molecule has 6 nitrogen and oxygen atoms in total. The van der Waals surface area contributed by atoms with E-state index < -0.39 is 0 Å². The van der Waals surface area contributed by atoms with Crippen LogP contribution in [0.4, 0.5) is 0 Å². The van der Waals surface area contributed by atoms with Crippen LogP contribution in [0.15, 0.2) is 191 Å². The van der Waals surface area contributed by atoms with Gasteiger partial charge in [-0.1, -0.05) is 127 Å². The Morgan fingerprint density at radius 2 is 0.630 bits per heavy atom. The molecule has 0 bridgehead atoms. The number of hydrogen-bond donors (Lipinski definition) is 0. The molecule has 0 saturated carbocycles. The Kier molecular flexibility index (Phi) is 7.69. The SMILES string of the molecule is c1ccc(-c2ccc(-c3ccc(-c4cc(-c5ccc(-c6nc7ccccc7o6)cc5)nc(-c5ccc(-c6nc7ccccc7o6)cc5)n4)cc3)cc2)cc1. The number of rotatable bonds is 7. The number of para-hydroxylation sites is 4. The van der Waals surface area contributed by atoms with E-state index in [1.165, 1.54) is 11.1 Å². The third kappa shape index (κ3) is 6.02. The van der Waals surface area contributed by atoms with E-state index in [0.717, 1.165) is 72.5 Å². The second kappa shape index (κ2) is 13.3. The van der Waals surface area contributed by atoms with Crippen molar-refractivity contribution in [1.29, 1.82) is 0 Å². The molecule has 0 amide bonds. The van der Waals surface area contributed by atoms with E-state index in [0.29, 0.717) is 17.6 Å². The molecule has 0 fully saturated rings. The molecule has 0 saturated heterocycles. The van der Waals surface area contributed by atoms with Gasteiger partial charge in [-0.3, -0.25) is 0 Å². The average molecular weight is 695 g/mol. The van der Waals surface area contributed by atoms with Crippen LogP contribution in [-0.2, 0) is 0 Å². The summed E-state index contributed by atoms with van der Waals surface area (Å²) in [5.41, 5.74) is 14.1. The van der Waals surface area contributed by atoms with Gasteiger partial charge < -0.3 is 8.83 Å². The lowest BCUT2D eigenvalue weighted by molar-refractivity contribution is 0.619. The Hall–Kier alpha value is -7.44. The minimum atomic E-state index is 0.576. The average Bonchev–Trinajstić information content (AvgIpc) is 3.90. The zero-order valence-electron chi connectivity index (χ0n) is 28.9. The number of oxazole rings is 2. The van der Waals surface area contributed by atoms with Crippen molar-refractivity contribution >= 4 is 22.2 Å². The van der Waals surface area contributed by atoms with Crippen LogP contribution in [0.1, 0.15) is 0 Å². The van der Waals surface area contributed by atoms with Crippen molar-refractivity contribution in [3.05, 3.63) is 182 Å². The van der Waals surface area contributed by atoms with Crippen molar-refractivity contribution in [1.82, 2.24) is 19.9 Å². The summed E-state index contributed by atoms with van der Waals surface area (Å²) >= 11 is 0. The maximum Gasteiger partial charge on any atom is 0.227 e. The Balaban J connectivity index is 0.998. The van der Waals surface area contributed by atoms with Crippen molar-refractivity contribution in [3.8, 4) is 79.1 Å². The Bertz CT molecular complexity index is 2690.